The number of hydrogen-bond donors (Lipinski definition) is 1. The van der Waals surface area contributed by atoms with Crippen LogP contribution in [0.1, 0.15) is 21.1 Å². The van der Waals surface area contributed by atoms with Gasteiger partial charge in [-0.15, -0.1) is 11.3 Å². The van der Waals surface area contributed by atoms with E-state index in [1.54, 1.807) is 6.20 Å². The fourth-order valence-corrected chi connectivity index (χ4v) is 2.26. The summed E-state index contributed by atoms with van der Waals surface area (Å²) < 4.78 is 0. The summed E-state index contributed by atoms with van der Waals surface area (Å²) in [6.45, 7) is 5.73. The summed E-state index contributed by atoms with van der Waals surface area (Å²) >= 11 is 1.83. The molecule has 0 aliphatic rings. The van der Waals surface area contributed by atoms with Gasteiger partial charge in [0.05, 0.1) is 11.4 Å². The predicted octanol–water partition coefficient (Wildman–Crippen LogP) is 2.44. The first kappa shape index (κ1) is 11.2. The first-order chi connectivity index (χ1) is 7.74. The minimum atomic E-state index is 0.768. The maximum Gasteiger partial charge on any atom is 0.0724 e. The van der Waals surface area contributed by atoms with Gasteiger partial charge in [0.1, 0.15) is 0 Å². The van der Waals surface area contributed by atoms with E-state index in [1.165, 1.54) is 9.75 Å². The monoisotopic (exact) mass is 233 g/mol. The third kappa shape index (κ3) is 3.12. The highest BCUT2D eigenvalue weighted by Gasteiger charge is 1.98. The Kier molecular flexibility index (Phi) is 3.64. The molecule has 0 bridgehead atoms. The van der Waals surface area contributed by atoms with E-state index >= 15 is 0 Å². The largest absolute Gasteiger partial charge is 0.306 e. The van der Waals surface area contributed by atoms with Crippen molar-refractivity contribution in [3.8, 4) is 0 Å². The van der Waals surface area contributed by atoms with Crippen molar-refractivity contribution >= 4 is 11.3 Å². The molecular formula is C12H15N3S. The van der Waals surface area contributed by atoms with E-state index in [0.29, 0.717) is 0 Å². The van der Waals surface area contributed by atoms with Crippen molar-refractivity contribution < 1.29 is 0 Å². The van der Waals surface area contributed by atoms with Gasteiger partial charge in [-0.3, -0.25) is 9.97 Å². The maximum atomic E-state index is 4.29. The second kappa shape index (κ2) is 5.18. The van der Waals surface area contributed by atoms with Crippen LogP contribution in [0.3, 0.4) is 0 Å². The molecule has 0 aliphatic heterocycles. The molecule has 0 unspecified atom stereocenters. The molecule has 2 aromatic heterocycles. The molecule has 0 aromatic carbocycles. The van der Waals surface area contributed by atoms with Crippen molar-refractivity contribution in [2.45, 2.75) is 26.9 Å². The van der Waals surface area contributed by atoms with Crippen LogP contribution in [0.25, 0.3) is 0 Å². The molecule has 2 aromatic rings. The Hall–Kier alpha value is -1.26. The Bertz CT molecular complexity index is 448. The molecule has 0 fully saturated rings. The van der Waals surface area contributed by atoms with Gasteiger partial charge < -0.3 is 5.32 Å². The Morgan fingerprint density at radius 1 is 1.12 bits per heavy atom. The highest BCUT2D eigenvalue weighted by molar-refractivity contribution is 7.11. The second-order valence-electron chi connectivity index (χ2n) is 3.77. The lowest BCUT2D eigenvalue weighted by Gasteiger charge is -2.02. The fraction of sp³-hybridized carbons (Fsp3) is 0.333. The van der Waals surface area contributed by atoms with Crippen LogP contribution in [-0.4, -0.2) is 9.97 Å². The molecule has 2 rings (SSSR count). The number of hydrogen-bond acceptors (Lipinski definition) is 4. The third-order valence-electron chi connectivity index (χ3n) is 2.24. The molecule has 0 atom stereocenters. The molecule has 0 spiro atoms. The molecule has 0 saturated carbocycles. The van der Waals surface area contributed by atoms with Gasteiger partial charge >= 0.3 is 0 Å². The van der Waals surface area contributed by atoms with Crippen molar-refractivity contribution in [2.24, 2.45) is 0 Å². The number of aryl methyl sites for hydroxylation is 2. The Balaban J connectivity index is 1.82. The maximum absolute atomic E-state index is 4.29. The van der Waals surface area contributed by atoms with Gasteiger partial charge in [0.25, 0.3) is 0 Å². The Labute approximate surface area is 99.6 Å². The van der Waals surface area contributed by atoms with Crippen LogP contribution in [0.4, 0.5) is 0 Å². The quantitative estimate of drug-likeness (QED) is 0.881. The lowest BCUT2D eigenvalue weighted by Crippen LogP contribution is -2.13. The third-order valence-corrected chi connectivity index (χ3v) is 3.24. The lowest BCUT2D eigenvalue weighted by atomic mass is 10.4. The minimum absolute atomic E-state index is 0.768. The van der Waals surface area contributed by atoms with Crippen molar-refractivity contribution in [1.29, 1.82) is 0 Å². The van der Waals surface area contributed by atoms with Crippen LogP contribution in [-0.2, 0) is 13.1 Å². The molecule has 0 aliphatic carbocycles. The normalized spacial score (nSPS) is 10.6. The van der Waals surface area contributed by atoms with E-state index in [1.807, 2.05) is 24.5 Å². The summed E-state index contributed by atoms with van der Waals surface area (Å²) in [5.74, 6) is 0. The van der Waals surface area contributed by atoms with Crippen molar-refractivity contribution in [3.63, 3.8) is 0 Å². The van der Waals surface area contributed by atoms with Crippen LogP contribution in [0.5, 0.6) is 0 Å². The molecule has 0 saturated heterocycles. The molecule has 4 heteroatoms. The second-order valence-corrected chi connectivity index (χ2v) is 5.14. The zero-order valence-electron chi connectivity index (χ0n) is 9.53. The van der Waals surface area contributed by atoms with Gasteiger partial charge in [0.15, 0.2) is 0 Å². The SMILES string of the molecule is Cc1cnc(CNCc2ccc(C)s2)cn1. The van der Waals surface area contributed by atoms with Crippen LogP contribution in [0.2, 0.25) is 0 Å². The molecule has 3 nitrogen and oxygen atoms in total. The minimum Gasteiger partial charge on any atom is -0.306 e. The summed E-state index contributed by atoms with van der Waals surface area (Å²) in [6, 6.07) is 4.31. The number of nitrogens with zero attached hydrogens (tertiary/aromatic N) is 2. The number of rotatable bonds is 4. The molecule has 16 heavy (non-hydrogen) atoms. The van der Waals surface area contributed by atoms with Crippen molar-refractivity contribution in [1.82, 2.24) is 15.3 Å². The summed E-state index contributed by atoms with van der Waals surface area (Å²) in [7, 11) is 0. The Morgan fingerprint density at radius 2 is 2.00 bits per heavy atom. The van der Waals surface area contributed by atoms with E-state index < -0.39 is 0 Å². The zero-order chi connectivity index (χ0) is 11.4. The van der Waals surface area contributed by atoms with Gasteiger partial charge in [-0.05, 0) is 26.0 Å². The first-order valence-electron chi connectivity index (χ1n) is 5.27. The van der Waals surface area contributed by atoms with E-state index in [9.17, 15) is 0 Å². The van der Waals surface area contributed by atoms with E-state index in [2.05, 4.69) is 34.3 Å². The van der Waals surface area contributed by atoms with Crippen molar-refractivity contribution in [3.05, 3.63) is 45.7 Å². The van der Waals surface area contributed by atoms with Gasteiger partial charge in [-0.1, -0.05) is 0 Å². The van der Waals surface area contributed by atoms with E-state index in [4.69, 9.17) is 0 Å². The number of nitrogens with one attached hydrogen (secondary N) is 1. The summed E-state index contributed by atoms with van der Waals surface area (Å²) in [5.41, 5.74) is 1.94. The van der Waals surface area contributed by atoms with Gasteiger partial charge in [-0.25, -0.2) is 0 Å². The molecular weight excluding hydrogens is 218 g/mol. The summed E-state index contributed by atoms with van der Waals surface area (Å²) in [4.78, 5) is 11.2. The topological polar surface area (TPSA) is 37.8 Å². The first-order valence-corrected chi connectivity index (χ1v) is 6.09. The lowest BCUT2D eigenvalue weighted by molar-refractivity contribution is 0.682. The zero-order valence-corrected chi connectivity index (χ0v) is 10.3. The average Bonchev–Trinajstić information content (AvgIpc) is 2.67. The molecule has 0 amide bonds. The molecule has 0 radical (unpaired) electrons. The van der Waals surface area contributed by atoms with Crippen LogP contribution in [0.15, 0.2) is 24.5 Å². The average molecular weight is 233 g/mol. The molecule has 2 heterocycles. The highest BCUT2D eigenvalue weighted by atomic mass is 32.1. The summed E-state index contributed by atoms with van der Waals surface area (Å²) in [5, 5.41) is 3.36. The van der Waals surface area contributed by atoms with Gasteiger partial charge in [0.2, 0.25) is 0 Å². The molecule has 1 N–H and O–H groups in total. The van der Waals surface area contributed by atoms with E-state index in [-0.39, 0.29) is 0 Å². The van der Waals surface area contributed by atoms with Gasteiger partial charge in [-0.2, -0.15) is 0 Å². The van der Waals surface area contributed by atoms with Gasteiger partial charge in [0, 0.05) is 35.2 Å². The standard InChI is InChI=1S/C12H15N3S/c1-9-5-15-11(7-14-9)6-13-8-12-4-3-10(2)16-12/h3-5,7,13H,6,8H2,1-2H3. The predicted molar refractivity (Wildman–Crippen MR) is 66.4 cm³/mol. The number of thiophene rings is 1. The van der Waals surface area contributed by atoms with Crippen molar-refractivity contribution in [2.75, 3.05) is 0 Å². The Morgan fingerprint density at radius 3 is 2.62 bits per heavy atom. The van der Waals surface area contributed by atoms with E-state index in [0.717, 1.165) is 24.5 Å². The van der Waals surface area contributed by atoms with Crippen LogP contribution < -0.4 is 5.32 Å². The summed E-state index contributed by atoms with van der Waals surface area (Å²) in [6.07, 6.45) is 3.62. The van der Waals surface area contributed by atoms with Crippen LogP contribution >= 0.6 is 11.3 Å². The number of aromatic nitrogens is 2. The fourth-order valence-electron chi connectivity index (χ4n) is 1.40. The van der Waals surface area contributed by atoms with Crippen LogP contribution in [0, 0.1) is 13.8 Å². The smallest absolute Gasteiger partial charge is 0.0724 e. The highest BCUT2D eigenvalue weighted by Crippen LogP contribution is 2.14. The molecule has 84 valence electrons.